The second-order valence-corrected chi connectivity index (χ2v) is 28.4. The Hall–Kier alpha value is -14.3. The van der Waals surface area contributed by atoms with E-state index in [4.69, 9.17) is 0 Å². The molecule has 4 heteroatoms. The Morgan fingerprint density at radius 3 is 0.741 bits per heavy atom. The van der Waals surface area contributed by atoms with Crippen LogP contribution < -0.4 is 0 Å². The molecular formula is C104H68N4. The number of para-hydroxylation sites is 4. The van der Waals surface area contributed by atoms with Crippen LogP contribution in [0.25, 0.3) is 198 Å². The van der Waals surface area contributed by atoms with Crippen LogP contribution in [-0.4, -0.2) is 18.3 Å². The van der Waals surface area contributed by atoms with E-state index < -0.39 is 0 Å². The van der Waals surface area contributed by atoms with E-state index in [9.17, 15) is 0 Å². The number of nitrogens with zero attached hydrogens (tertiary/aromatic N) is 4. The molecule has 0 atom stereocenters. The SMILES string of the molecule is c1ccc(-c2cc(-c3ccccc3)cc(-n3c4ccccc4c4cc(-c5ccc6c(c5)c5ccccc5n6-c5ccc6ccccc6c5)ccc43)c2)cc1.c1ccc(-c2ccc(-c3cccc(-n4c5ccccc5c5cc(-c6ccc7c(c6)c6ccccc6n7-c6ccc7ccccc7c6)ccc54)c3)cc2)cc1. The lowest BCUT2D eigenvalue weighted by Crippen LogP contribution is -1.96. The van der Waals surface area contributed by atoms with Crippen LogP contribution in [0.1, 0.15) is 0 Å². The molecule has 0 aliphatic rings. The monoisotopic (exact) mass is 1370 g/mol. The van der Waals surface area contributed by atoms with Crippen molar-refractivity contribution in [3.63, 3.8) is 0 Å². The Bertz CT molecular complexity index is 7220. The smallest absolute Gasteiger partial charge is 0.0541 e. The predicted molar refractivity (Wildman–Crippen MR) is 458 cm³/mol. The van der Waals surface area contributed by atoms with E-state index in [2.05, 4.69) is 431 Å². The lowest BCUT2D eigenvalue weighted by atomic mass is 9.98. The highest BCUT2D eigenvalue weighted by Gasteiger charge is 2.21. The lowest BCUT2D eigenvalue weighted by molar-refractivity contribution is 1.18. The zero-order valence-corrected chi connectivity index (χ0v) is 59.0. The number of benzene rings is 18. The van der Waals surface area contributed by atoms with Crippen molar-refractivity contribution >= 4 is 109 Å². The molecule has 0 saturated carbocycles. The van der Waals surface area contributed by atoms with Crippen LogP contribution in [0.5, 0.6) is 0 Å². The number of hydrogen-bond donors (Lipinski definition) is 0. The van der Waals surface area contributed by atoms with E-state index in [-0.39, 0.29) is 0 Å². The first-order valence-electron chi connectivity index (χ1n) is 37.2. The standard InChI is InChI=1S/2C52H34N2/c1-3-13-35(14-4-1)41-29-42(36-15-5-2-6-16-36)32-44(31-41)54-50-22-12-10-20-46(50)48-34-40(25-28-52(48)54)39-24-27-51-47(33-39)45-19-9-11-21-49(45)53(51)43-26-23-37-17-7-8-18-38(37)30-43;1-2-11-35(12-3-1)37-21-23-38(24-22-37)40-15-10-16-43(31-40)53-49-19-8-6-17-45(49)47-33-41(26-29-51(47)53)42-27-30-52-48(34-42)46-18-7-9-20-50(46)54(52)44-28-25-36-13-4-5-14-39(36)32-44/h2*1-34H. The van der Waals surface area contributed by atoms with Crippen LogP contribution >= 0.6 is 0 Å². The molecule has 0 aliphatic carbocycles. The highest BCUT2D eigenvalue weighted by atomic mass is 15.0. The van der Waals surface area contributed by atoms with Crippen molar-refractivity contribution in [2.75, 3.05) is 0 Å². The molecule has 0 unspecified atom stereocenters. The molecule has 0 bridgehead atoms. The zero-order chi connectivity index (χ0) is 71.2. The molecule has 504 valence electrons. The van der Waals surface area contributed by atoms with Gasteiger partial charge in [0.2, 0.25) is 0 Å². The van der Waals surface area contributed by atoms with Gasteiger partial charge in [-0.15, -0.1) is 0 Å². The molecule has 0 N–H and O–H groups in total. The van der Waals surface area contributed by atoms with Gasteiger partial charge in [-0.05, 0) is 216 Å². The average molecular weight is 1370 g/mol. The minimum absolute atomic E-state index is 1.15. The van der Waals surface area contributed by atoms with Crippen molar-refractivity contribution in [2.45, 2.75) is 0 Å². The van der Waals surface area contributed by atoms with Gasteiger partial charge in [-0.25, -0.2) is 0 Å². The molecular weight excluding hydrogens is 1310 g/mol. The quantitative estimate of drug-likeness (QED) is 0.130. The molecule has 18 aromatic carbocycles. The number of fused-ring (bicyclic) bond motifs is 14. The third kappa shape index (κ3) is 10.7. The van der Waals surface area contributed by atoms with E-state index in [1.807, 2.05) is 0 Å². The highest BCUT2D eigenvalue weighted by Crippen LogP contribution is 2.43. The molecule has 22 aromatic rings. The summed E-state index contributed by atoms with van der Waals surface area (Å²) in [6, 6.07) is 151. The molecule has 4 nitrogen and oxygen atoms in total. The molecule has 0 radical (unpaired) electrons. The van der Waals surface area contributed by atoms with Gasteiger partial charge in [0.05, 0.1) is 44.1 Å². The van der Waals surface area contributed by atoms with E-state index in [1.165, 1.54) is 187 Å². The van der Waals surface area contributed by atoms with Crippen LogP contribution in [0.3, 0.4) is 0 Å². The maximum absolute atomic E-state index is 2.44. The molecule has 0 aliphatic heterocycles. The van der Waals surface area contributed by atoms with E-state index >= 15 is 0 Å². The average Bonchev–Trinajstić information content (AvgIpc) is 1.60. The van der Waals surface area contributed by atoms with Gasteiger partial charge in [-0.1, -0.05) is 285 Å². The fourth-order valence-corrected chi connectivity index (χ4v) is 17.0. The minimum Gasteiger partial charge on any atom is -0.309 e. The molecule has 0 spiro atoms. The van der Waals surface area contributed by atoms with Crippen molar-refractivity contribution in [3.05, 3.63) is 413 Å². The first kappa shape index (κ1) is 62.3. The van der Waals surface area contributed by atoms with Gasteiger partial charge in [0.1, 0.15) is 0 Å². The fraction of sp³-hybridized carbons (Fsp3) is 0. The second kappa shape index (κ2) is 25.8. The predicted octanol–water partition coefficient (Wildman–Crippen LogP) is 28.1. The normalized spacial score (nSPS) is 11.7. The van der Waals surface area contributed by atoms with Crippen molar-refractivity contribution in [1.29, 1.82) is 0 Å². The third-order valence-corrected chi connectivity index (χ3v) is 22.2. The van der Waals surface area contributed by atoms with Gasteiger partial charge in [0.15, 0.2) is 0 Å². The van der Waals surface area contributed by atoms with Gasteiger partial charge in [0.25, 0.3) is 0 Å². The van der Waals surface area contributed by atoms with Crippen LogP contribution in [0.2, 0.25) is 0 Å². The molecule has 0 fully saturated rings. The summed E-state index contributed by atoms with van der Waals surface area (Å²) in [6.45, 7) is 0. The Kier molecular flexibility index (Phi) is 14.9. The van der Waals surface area contributed by atoms with E-state index in [0.29, 0.717) is 0 Å². The number of rotatable bonds is 10. The first-order chi connectivity index (χ1) is 53.5. The van der Waals surface area contributed by atoms with Gasteiger partial charge in [-0.3, -0.25) is 0 Å². The lowest BCUT2D eigenvalue weighted by Gasteiger charge is -2.14. The summed E-state index contributed by atoms with van der Waals surface area (Å²) in [5, 5.41) is 15.0. The molecule has 108 heavy (non-hydrogen) atoms. The number of hydrogen-bond acceptors (Lipinski definition) is 0. The molecule has 22 rings (SSSR count). The largest absolute Gasteiger partial charge is 0.309 e. The van der Waals surface area contributed by atoms with Gasteiger partial charge in [0, 0.05) is 65.8 Å². The Balaban J connectivity index is 0.000000138. The Morgan fingerprint density at radius 1 is 0.111 bits per heavy atom. The summed E-state index contributed by atoms with van der Waals surface area (Å²) in [5.74, 6) is 0. The molecule has 4 heterocycles. The van der Waals surface area contributed by atoms with Crippen molar-refractivity contribution in [2.24, 2.45) is 0 Å². The van der Waals surface area contributed by atoms with E-state index in [0.717, 1.165) is 11.4 Å². The van der Waals surface area contributed by atoms with Crippen LogP contribution in [0, 0.1) is 0 Å². The van der Waals surface area contributed by atoms with Gasteiger partial charge >= 0.3 is 0 Å². The maximum Gasteiger partial charge on any atom is 0.0541 e. The van der Waals surface area contributed by atoms with Crippen molar-refractivity contribution < 1.29 is 0 Å². The molecule has 4 aromatic heterocycles. The minimum atomic E-state index is 1.15. The summed E-state index contributed by atoms with van der Waals surface area (Å²) in [4.78, 5) is 0. The first-order valence-corrected chi connectivity index (χ1v) is 37.2. The summed E-state index contributed by atoms with van der Waals surface area (Å²) < 4.78 is 9.67. The second-order valence-electron chi connectivity index (χ2n) is 28.4. The van der Waals surface area contributed by atoms with Crippen molar-refractivity contribution in [1.82, 2.24) is 18.3 Å². The Morgan fingerprint density at radius 2 is 0.361 bits per heavy atom. The van der Waals surface area contributed by atoms with Crippen LogP contribution in [-0.2, 0) is 0 Å². The number of aromatic nitrogens is 4. The maximum atomic E-state index is 2.44. The summed E-state index contributed by atoms with van der Waals surface area (Å²) in [6.07, 6.45) is 0. The summed E-state index contributed by atoms with van der Waals surface area (Å²) >= 11 is 0. The zero-order valence-electron chi connectivity index (χ0n) is 59.0. The summed E-state index contributed by atoms with van der Waals surface area (Å²) in [5.41, 5.74) is 28.8. The molecule has 0 saturated heterocycles. The van der Waals surface area contributed by atoms with Crippen LogP contribution in [0.15, 0.2) is 413 Å². The van der Waals surface area contributed by atoms with Gasteiger partial charge in [-0.2, -0.15) is 0 Å². The van der Waals surface area contributed by atoms with Crippen molar-refractivity contribution in [3.8, 4) is 89.5 Å². The fourth-order valence-electron chi connectivity index (χ4n) is 17.0. The van der Waals surface area contributed by atoms with E-state index in [1.54, 1.807) is 0 Å². The summed E-state index contributed by atoms with van der Waals surface area (Å²) in [7, 11) is 0. The van der Waals surface area contributed by atoms with Crippen LogP contribution in [0.4, 0.5) is 0 Å². The highest BCUT2D eigenvalue weighted by molar-refractivity contribution is 6.15. The Labute approximate surface area is 625 Å². The molecule has 0 amide bonds. The third-order valence-electron chi connectivity index (χ3n) is 22.2. The van der Waals surface area contributed by atoms with Gasteiger partial charge < -0.3 is 18.3 Å². The topological polar surface area (TPSA) is 19.7 Å².